The molecule has 134 valence electrons. The van der Waals surface area contributed by atoms with Gasteiger partial charge >= 0.3 is 0 Å². The lowest BCUT2D eigenvalue weighted by atomic mass is 10.0. The molecular formula is C19H21N5O2. The quantitative estimate of drug-likeness (QED) is 0.738. The van der Waals surface area contributed by atoms with Gasteiger partial charge in [-0.25, -0.2) is 9.97 Å². The predicted molar refractivity (Wildman–Crippen MR) is 97.9 cm³/mol. The van der Waals surface area contributed by atoms with E-state index in [9.17, 15) is 4.79 Å². The van der Waals surface area contributed by atoms with Gasteiger partial charge in [0.25, 0.3) is 5.91 Å². The molecule has 0 aliphatic carbocycles. The fourth-order valence-corrected chi connectivity index (χ4v) is 2.73. The number of hydrogen-bond acceptors (Lipinski definition) is 5. The second kappa shape index (κ2) is 7.77. The van der Waals surface area contributed by atoms with Crippen LogP contribution in [0.3, 0.4) is 0 Å². The molecule has 7 heteroatoms. The highest BCUT2D eigenvalue weighted by molar-refractivity contribution is 5.95. The van der Waals surface area contributed by atoms with Crippen LogP contribution in [0.25, 0.3) is 11.1 Å². The molecule has 1 atom stereocenters. The Morgan fingerprint density at radius 2 is 2.19 bits per heavy atom. The van der Waals surface area contributed by atoms with E-state index in [4.69, 9.17) is 4.74 Å². The van der Waals surface area contributed by atoms with Crippen LogP contribution in [0.4, 0.5) is 0 Å². The van der Waals surface area contributed by atoms with E-state index in [1.165, 1.54) is 6.33 Å². The van der Waals surface area contributed by atoms with E-state index in [0.29, 0.717) is 18.0 Å². The zero-order chi connectivity index (χ0) is 18.5. The van der Waals surface area contributed by atoms with Gasteiger partial charge in [0.05, 0.1) is 13.7 Å². The Labute approximate surface area is 152 Å². The van der Waals surface area contributed by atoms with E-state index in [2.05, 4.69) is 20.4 Å². The molecule has 3 aromatic rings. The van der Waals surface area contributed by atoms with E-state index in [-0.39, 0.29) is 11.9 Å². The van der Waals surface area contributed by atoms with Crippen LogP contribution in [0.2, 0.25) is 0 Å². The number of aryl methyl sites for hydroxylation is 1. The van der Waals surface area contributed by atoms with Crippen molar-refractivity contribution in [3.05, 3.63) is 60.3 Å². The number of pyridine rings is 1. The largest absolute Gasteiger partial charge is 0.481 e. The first-order chi connectivity index (χ1) is 12.6. The smallest absolute Gasteiger partial charge is 0.251 e. The van der Waals surface area contributed by atoms with Crippen molar-refractivity contribution >= 4 is 5.91 Å². The third-order valence-electron chi connectivity index (χ3n) is 4.04. The molecule has 0 radical (unpaired) electrons. The molecule has 1 aromatic carbocycles. The van der Waals surface area contributed by atoms with Crippen molar-refractivity contribution in [2.75, 3.05) is 7.11 Å². The number of benzene rings is 1. The number of carbonyl (C=O) groups excluding carboxylic acids is 1. The molecule has 0 unspecified atom stereocenters. The van der Waals surface area contributed by atoms with Gasteiger partial charge in [0, 0.05) is 29.4 Å². The van der Waals surface area contributed by atoms with Crippen LogP contribution in [0.15, 0.2) is 49.2 Å². The molecule has 0 aliphatic heterocycles. The number of methoxy groups -OCH3 is 1. The van der Waals surface area contributed by atoms with Crippen molar-refractivity contribution < 1.29 is 9.53 Å². The third kappa shape index (κ3) is 4.05. The molecule has 0 aliphatic rings. The Bertz CT molecular complexity index is 893. The van der Waals surface area contributed by atoms with Gasteiger partial charge in [-0.05, 0) is 37.1 Å². The highest BCUT2D eigenvalue weighted by atomic mass is 16.5. The number of nitrogens with zero attached hydrogens (tertiary/aromatic N) is 4. The molecule has 0 saturated heterocycles. The van der Waals surface area contributed by atoms with Gasteiger partial charge in [0.15, 0.2) is 0 Å². The lowest BCUT2D eigenvalue weighted by molar-refractivity contribution is 0.0936. The Kier molecular flexibility index (Phi) is 5.26. The van der Waals surface area contributed by atoms with Crippen LogP contribution < -0.4 is 10.1 Å². The van der Waals surface area contributed by atoms with Crippen LogP contribution in [-0.4, -0.2) is 38.8 Å². The molecule has 2 aromatic heterocycles. The number of nitrogens with one attached hydrogen (secondary N) is 1. The summed E-state index contributed by atoms with van der Waals surface area (Å²) in [5.41, 5.74) is 3.54. The lowest BCUT2D eigenvalue weighted by Crippen LogP contribution is -2.35. The van der Waals surface area contributed by atoms with E-state index in [1.54, 1.807) is 30.4 Å². The molecule has 0 saturated carbocycles. The SMILES string of the molecule is COc1cc(C)c(-c2cccc(C(=O)N[C@@H](C)Cn3cncn3)c2)cn1. The fraction of sp³-hybridized carbons (Fsp3) is 0.263. The van der Waals surface area contributed by atoms with Gasteiger partial charge in [0.1, 0.15) is 12.7 Å². The molecule has 0 spiro atoms. The maximum Gasteiger partial charge on any atom is 0.251 e. The summed E-state index contributed by atoms with van der Waals surface area (Å²) in [6.07, 6.45) is 4.87. The van der Waals surface area contributed by atoms with Crippen LogP contribution in [0.1, 0.15) is 22.8 Å². The Morgan fingerprint density at radius 3 is 2.88 bits per heavy atom. The van der Waals surface area contributed by atoms with E-state index >= 15 is 0 Å². The Balaban J connectivity index is 1.75. The van der Waals surface area contributed by atoms with Crippen molar-refractivity contribution in [1.29, 1.82) is 0 Å². The van der Waals surface area contributed by atoms with Crippen molar-refractivity contribution in [3.8, 4) is 17.0 Å². The van der Waals surface area contributed by atoms with Crippen molar-refractivity contribution in [3.63, 3.8) is 0 Å². The second-order valence-electron chi connectivity index (χ2n) is 6.11. The zero-order valence-electron chi connectivity index (χ0n) is 15.0. The number of aromatic nitrogens is 4. The molecule has 3 rings (SSSR count). The summed E-state index contributed by atoms with van der Waals surface area (Å²) in [5.74, 6) is 0.445. The minimum absolute atomic E-state index is 0.0720. The summed E-state index contributed by atoms with van der Waals surface area (Å²) in [6.45, 7) is 4.49. The minimum Gasteiger partial charge on any atom is -0.481 e. The van der Waals surface area contributed by atoms with Gasteiger partial charge in [-0.2, -0.15) is 5.10 Å². The van der Waals surface area contributed by atoms with E-state index in [0.717, 1.165) is 16.7 Å². The first kappa shape index (κ1) is 17.6. The molecule has 0 fully saturated rings. The predicted octanol–water partition coefficient (Wildman–Crippen LogP) is 2.48. The van der Waals surface area contributed by atoms with E-state index < -0.39 is 0 Å². The number of ether oxygens (including phenoxy) is 1. The van der Waals surface area contributed by atoms with Gasteiger partial charge in [-0.1, -0.05) is 12.1 Å². The maximum absolute atomic E-state index is 12.6. The van der Waals surface area contributed by atoms with Crippen molar-refractivity contribution in [2.24, 2.45) is 0 Å². The van der Waals surface area contributed by atoms with Crippen LogP contribution in [-0.2, 0) is 6.54 Å². The highest BCUT2D eigenvalue weighted by Gasteiger charge is 2.12. The zero-order valence-corrected chi connectivity index (χ0v) is 15.0. The summed E-state index contributed by atoms with van der Waals surface area (Å²) in [5, 5.41) is 7.03. The molecule has 2 heterocycles. The molecule has 26 heavy (non-hydrogen) atoms. The normalized spacial score (nSPS) is 11.8. The monoisotopic (exact) mass is 351 g/mol. The van der Waals surface area contributed by atoms with Gasteiger partial charge in [-0.15, -0.1) is 0 Å². The third-order valence-corrected chi connectivity index (χ3v) is 4.04. The van der Waals surface area contributed by atoms with Gasteiger partial charge in [0.2, 0.25) is 5.88 Å². The Morgan fingerprint density at radius 1 is 1.35 bits per heavy atom. The van der Waals surface area contributed by atoms with Crippen molar-refractivity contribution in [1.82, 2.24) is 25.1 Å². The second-order valence-corrected chi connectivity index (χ2v) is 6.11. The average molecular weight is 351 g/mol. The minimum atomic E-state index is -0.126. The topological polar surface area (TPSA) is 81.9 Å². The number of rotatable bonds is 6. The van der Waals surface area contributed by atoms with Crippen LogP contribution >= 0.6 is 0 Å². The van der Waals surface area contributed by atoms with E-state index in [1.807, 2.05) is 38.1 Å². The number of carbonyl (C=O) groups is 1. The molecule has 1 amide bonds. The Hall–Kier alpha value is -3.22. The highest BCUT2D eigenvalue weighted by Crippen LogP contribution is 2.25. The van der Waals surface area contributed by atoms with Crippen molar-refractivity contribution in [2.45, 2.75) is 26.4 Å². The first-order valence-electron chi connectivity index (χ1n) is 8.31. The fourth-order valence-electron chi connectivity index (χ4n) is 2.73. The molecule has 1 N–H and O–H groups in total. The summed E-state index contributed by atoms with van der Waals surface area (Å²) < 4.78 is 6.84. The number of amides is 1. The summed E-state index contributed by atoms with van der Waals surface area (Å²) >= 11 is 0. The summed E-state index contributed by atoms with van der Waals surface area (Å²) in [6, 6.07) is 9.31. The van der Waals surface area contributed by atoms with Gasteiger partial charge < -0.3 is 10.1 Å². The standard InChI is InChI=1S/C19H21N5O2/c1-13-7-18(26-3)21-9-17(13)15-5-4-6-16(8-15)19(25)23-14(2)10-24-12-20-11-22-24/h4-9,11-12,14H,10H2,1-3H3,(H,23,25)/t14-/m0/s1. The summed E-state index contributed by atoms with van der Waals surface area (Å²) in [7, 11) is 1.59. The number of hydrogen-bond donors (Lipinski definition) is 1. The lowest BCUT2D eigenvalue weighted by Gasteiger charge is -2.14. The summed E-state index contributed by atoms with van der Waals surface area (Å²) in [4.78, 5) is 20.7. The first-order valence-corrected chi connectivity index (χ1v) is 8.31. The molecule has 7 nitrogen and oxygen atoms in total. The maximum atomic E-state index is 12.6. The average Bonchev–Trinajstić information content (AvgIpc) is 3.14. The van der Waals surface area contributed by atoms with Crippen LogP contribution in [0, 0.1) is 6.92 Å². The van der Waals surface area contributed by atoms with Crippen LogP contribution in [0.5, 0.6) is 5.88 Å². The molecular weight excluding hydrogens is 330 g/mol. The van der Waals surface area contributed by atoms with Gasteiger partial charge in [-0.3, -0.25) is 9.48 Å². The molecule has 0 bridgehead atoms.